The van der Waals surface area contributed by atoms with E-state index >= 15 is 0 Å². The second-order valence-corrected chi connectivity index (χ2v) is 7.63. The van der Waals surface area contributed by atoms with E-state index in [2.05, 4.69) is 15.6 Å². The molecule has 1 amide bonds. The molecule has 0 saturated carbocycles. The summed E-state index contributed by atoms with van der Waals surface area (Å²) in [5, 5.41) is 11.0. The van der Waals surface area contributed by atoms with E-state index in [-0.39, 0.29) is 11.3 Å². The lowest BCUT2D eigenvalue weighted by molar-refractivity contribution is 0.0950. The Kier molecular flexibility index (Phi) is 5.53. The summed E-state index contributed by atoms with van der Waals surface area (Å²) in [6.07, 6.45) is 0.550. The number of amides is 1. The summed E-state index contributed by atoms with van der Waals surface area (Å²) in [6.45, 7) is 8.16. The number of carbonyl (C=O) groups excluding carboxylic acids is 1. The van der Waals surface area contributed by atoms with Gasteiger partial charge in [0.25, 0.3) is 5.91 Å². The molecule has 0 aliphatic carbocycles. The number of benzene rings is 1. The first-order chi connectivity index (χ1) is 13.3. The van der Waals surface area contributed by atoms with Crippen LogP contribution < -0.4 is 10.1 Å². The summed E-state index contributed by atoms with van der Waals surface area (Å²) in [7, 11) is 1.62. The van der Waals surface area contributed by atoms with Gasteiger partial charge in [-0.25, -0.2) is 0 Å². The minimum absolute atomic E-state index is 0.194. The number of hydrogen-bond donors (Lipinski definition) is 1. The van der Waals surface area contributed by atoms with Gasteiger partial charge in [-0.2, -0.15) is 0 Å². The van der Waals surface area contributed by atoms with Crippen LogP contribution in [0.3, 0.4) is 0 Å². The average Bonchev–Trinajstić information content (AvgIpc) is 3.28. The van der Waals surface area contributed by atoms with E-state index < -0.39 is 0 Å². The van der Waals surface area contributed by atoms with Crippen molar-refractivity contribution >= 4 is 5.91 Å². The van der Waals surface area contributed by atoms with Crippen LogP contribution in [-0.4, -0.2) is 29.9 Å². The van der Waals surface area contributed by atoms with Crippen molar-refractivity contribution < 1.29 is 18.6 Å². The summed E-state index contributed by atoms with van der Waals surface area (Å²) >= 11 is 0. The third-order valence-corrected chi connectivity index (χ3v) is 4.38. The molecular formula is C21H25N3O4. The Morgan fingerprint density at radius 1 is 1.18 bits per heavy atom. The second kappa shape index (κ2) is 7.88. The van der Waals surface area contributed by atoms with Crippen LogP contribution in [0.5, 0.6) is 5.75 Å². The molecule has 0 fully saturated rings. The first-order valence-corrected chi connectivity index (χ1v) is 9.14. The summed E-state index contributed by atoms with van der Waals surface area (Å²) in [6, 6.07) is 9.44. The maximum atomic E-state index is 12.6. The van der Waals surface area contributed by atoms with E-state index in [1.807, 2.05) is 51.1 Å². The highest BCUT2D eigenvalue weighted by molar-refractivity contribution is 5.96. The van der Waals surface area contributed by atoms with E-state index in [0.717, 1.165) is 17.0 Å². The van der Waals surface area contributed by atoms with Crippen LogP contribution in [0, 0.1) is 6.92 Å². The fourth-order valence-corrected chi connectivity index (χ4v) is 2.89. The molecule has 0 saturated heterocycles. The lowest BCUT2D eigenvalue weighted by atomic mass is 9.88. The van der Waals surface area contributed by atoms with Gasteiger partial charge in [-0.1, -0.05) is 43.2 Å². The number of aryl methyl sites for hydroxylation is 1. The van der Waals surface area contributed by atoms with Crippen LogP contribution in [-0.2, 0) is 11.8 Å². The molecule has 1 aromatic carbocycles. The van der Waals surface area contributed by atoms with Gasteiger partial charge < -0.3 is 19.1 Å². The summed E-state index contributed by atoms with van der Waals surface area (Å²) in [5.41, 5.74) is 2.53. The molecule has 0 aliphatic rings. The number of aromatic nitrogens is 2. The predicted octanol–water partition coefficient (Wildman–Crippen LogP) is 3.92. The van der Waals surface area contributed by atoms with Gasteiger partial charge in [0, 0.05) is 30.0 Å². The molecule has 3 aromatic rings. The quantitative estimate of drug-likeness (QED) is 0.694. The highest BCUT2D eigenvalue weighted by Gasteiger charge is 2.28. The van der Waals surface area contributed by atoms with E-state index in [9.17, 15) is 4.79 Å². The van der Waals surface area contributed by atoms with Gasteiger partial charge in [-0.05, 0) is 19.1 Å². The number of rotatable bonds is 6. The lowest BCUT2D eigenvalue weighted by Crippen LogP contribution is -2.29. The predicted molar refractivity (Wildman–Crippen MR) is 104 cm³/mol. The molecule has 28 heavy (non-hydrogen) atoms. The van der Waals surface area contributed by atoms with Gasteiger partial charge in [-0.3, -0.25) is 4.79 Å². The van der Waals surface area contributed by atoms with Gasteiger partial charge in [0.2, 0.25) is 0 Å². The van der Waals surface area contributed by atoms with E-state index in [1.54, 1.807) is 14.0 Å². The molecule has 2 aromatic heterocycles. The molecule has 7 nitrogen and oxygen atoms in total. The monoisotopic (exact) mass is 383 g/mol. The van der Waals surface area contributed by atoms with E-state index in [4.69, 9.17) is 13.8 Å². The van der Waals surface area contributed by atoms with Crippen molar-refractivity contribution in [2.45, 2.75) is 39.5 Å². The molecule has 1 N–H and O–H groups in total. The Bertz CT molecular complexity index is 966. The zero-order valence-electron chi connectivity index (χ0n) is 16.8. The van der Waals surface area contributed by atoms with Crippen molar-refractivity contribution in [1.29, 1.82) is 0 Å². The third-order valence-electron chi connectivity index (χ3n) is 4.38. The van der Waals surface area contributed by atoms with Crippen LogP contribution in [0.25, 0.3) is 11.3 Å². The first-order valence-electron chi connectivity index (χ1n) is 9.14. The molecule has 148 valence electrons. The maximum absolute atomic E-state index is 12.6. The van der Waals surface area contributed by atoms with Gasteiger partial charge in [0.1, 0.15) is 22.8 Å². The van der Waals surface area contributed by atoms with Crippen molar-refractivity contribution in [3.8, 4) is 17.1 Å². The fourth-order valence-electron chi connectivity index (χ4n) is 2.89. The molecule has 3 rings (SSSR count). The Morgan fingerprint density at radius 3 is 2.68 bits per heavy atom. The topological polar surface area (TPSA) is 90.4 Å². The minimum atomic E-state index is -0.276. The first kappa shape index (κ1) is 19.7. The summed E-state index contributed by atoms with van der Waals surface area (Å²) < 4.78 is 15.9. The largest absolute Gasteiger partial charge is 0.497 e. The summed E-state index contributed by atoms with van der Waals surface area (Å²) in [5.74, 6) is 1.73. The molecular weight excluding hydrogens is 358 g/mol. The number of methoxy groups -OCH3 is 1. The number of carbonyl (C=O) groups is 1. The van der Waals surface area contributed by atoms with Crippen molar-refractivity contribution in [2.75, 3.05) is 13.7 Å². The molecule has 0 atom stereocenters. The van der Waals surface area contributed by atoms with Gasteiger partial charge in [0.15, 0.2) is 5.76 Å². The molecule has 0 aliphatic heterocycles. The average molecular weight is 383 g/mol. The molecule has 7 heteroatoms. The van der Waals surface area contributed by atoms with Gasteiger partial charge >= 0.3 is 0 Å². The number of nitrogens with zero attached hydrogens (tertiary/aromatic N) is 2. The fraction of sp³-hybridized carbons (Fsp3) is 0.381. The smallest absolute Gasteiger partial charge is 0.256 e. The molecule has 0 spiro atoms. The van der Waals surface area contributed by atoms with Gasteiger partial charge in [-0.15, -0.1) is 0 Å². The normalized spacial score (nSPS) is 11.5. The van der Waals surface area contributed by atoms with Crippen LogP contribution in [0.1, 0.15) is 48.3 Å². The molecule has 0 unspecified atom stereocenters. The van der Waals surface area contributed by atoms with E-state index in [1.165, 1.54) is 0 Å². The standard InChI is InChI=1S/C21H25N3O4/c1-13-18(19(24-27-13)21(2,3)4)20(25)22-10-9-15-12-17(28-23-15)14-7-6-8-16(11-14)26-5/h6-8,11-12H,9-10H2,1-5H3,(H,22,25). The Balaban J connectivity index is 1.63. The van der Waals surface area contributed by atoms with Crippen LogP contribution >= 0.6 is 0 Å². The lowest BCUT2D eigenvalue weighted by Gasteiger charge is -2.16. The van der Waals surface area contributed by atoms with E-state index in [0.29, 0.717) is 35.7 Å². The van der Waals surface area contributed by atoms with Crippen molar-refractivity contribution in [2.24, 2.45) is 0 Å². The minimum Gasteiger partial charge on any atom is -0.497 e. The Morgan fingerprint density at radius 2 is 1.96 bits per heavy atom. The molecule has 2 heterocycles. The second-order valence-electron chi connectivity index (χ2n) is 7.63. The van der Waals surface area contributed by atoms with Crippen LogP contribution in [0.15, 0.2) is 39.4 Å². The summed E-state index contributed by atoms with van der Waals surface area (Å²) in [4.78, 5) is 12.6. The zero-order valence-corrected chi connectivity index (χ0v) is 16.8. The van der Waals surface area contributed by atoms with Gasteiger partial charge in [0.05, 0.1) is 12.8 Å². The number of ether oxygens (including phenoxy) is 1. The Labute approximate surface area is 164 Å². The van der Waals surface area contributed by atoms with Crippen LogP contribution in [0.2, 0.25) is 0 Å². The van der Waals surface area contributed by atoms with Crippen LogP contribution in [0.4, 0.5) is 0 Å². The third kappa shape index (κ3) is 4.24. The zero-order chi connectivity index (χ0) is 20.3. The number of nitrogens with one attached hydrogen (secondary N) is 1. The highest BCUT2D eigenvalue weighted by atomic mass is 16.5. The SMILES string of the molecule is COc1cccc(-c2cc(CCNC(=O)c3c(C(C)(C)C)noc3C)no2)c1. The molecule has 0 radical (unpaired) electrons. The van der Waals surface area contributed by atoms with Crippen molar-refractivity contribution in [3.63, 3.8) is 0 Å². The maximum Gasteiger partial charge on any atom is 0.256 e. The molecule has 0 bridgehead atoms. The van der Waals surface area contributed by atoms with Crippen molar-refractivity contribution in [3.05, 3.63) is 53.0 Å². The number of hydrogen-bond acceptors (Lipinski definition) is 6. The Hall–Kier alpha value is -3.09. The highest BCUT2D eigenvalue weighted by Crippen LogP contribution is 2.27. The van der Waals surface area contributed by atoms with Crippen molar-refractivity contribution in [1.82, 2.24) is 15.6 Å².